The summed E-state index contributed by atoms with van der Waals surface area (Å²) in [5, 5.41) is 5.05. The minimum atomic E-state index is -0.0290. The summed E-state index contributed by atoms with van der Waals surface area (Å²) in [4.78, 5) is 16.5. The number of nitrogens with one attached hydrogen (secondary N) is 1. The number of ether oxygens (including phenoxy) is 2. The minimum absolute atomic E-state index is 0.0216. The maximum absolute atomic E-state index is 12.1. The molecule has 2 fully saturated rings. The Labute approximate surface area is 139 Å². The first-order chi connectivity index (χ1) is 10.7. The number of aromatic nitrogens is 1. The van der Waals surface area contributed by atoms with Crippen molar-refractivity contribution in [3.63, 3.8) is 0 Å². The molecule has 1 amide bonds. The Morgan fingerprint density at radius 1 is 1.55 bits per heavy atom. The van der Waals surface area contributed by atoms with Gasteiger partial charge in [0.1, 0.15) is 0 Å². The van der Waals surface area contributed by atoms with Crippen molar-refractivity contribution in [3.05, 3.63) is 11.1 Å². The third-order valence-electron chi connectivity index (χ3n) is 3.81. The molecule has 0 unspecified atom stereocenters. The van der Waals surface area contributed by atoms with Crippen molar-refractivity contribution in [1.29, 1.82) is 0 Å². The van der Waals surface area contributed by atoms with Gasteiger partial charge >= 0.3 is 0 Å². The molecule has 2 aliphatic rings. The molecule has 122 valence electrons. The average molecular weight is 342 g/mol. The zero-order valence-electron chi connectivity index (χ0n) is 12.7. The SMILES string of the molecule is Cc1csc(SCC(=O)N[C@@H]2COCC[C@@H]2OCC2CC2)n1. The second-order valence-electron chi connectivity index (χ2n) is 5.90. The third kappa shape index (κ3) is 4.94. The molecule has 7 heteroatoms. The van der Waals surface area contributed by atoms with Crippen LogP contribution in [0, 0.1) is 12.8 Å². The quantitative estimate of drug-likeness (QED) is 0.770. The van der Waals surface area contributed by atoms with Crippen molar-refractivity contribution in [3.8, 4) is 0 Å². The van der Waals surface area contributed by atoms with Crippen molar-refractivity contribution in [2.24, 2.45) is 5.92 Å². The lowest BCUT2D eigenvalue weighted by molar-refractivity contribution is -0.123. The van der Waals surface area contributed by atoms with Gasteiger partial charge in [-0.1, -0.05) is 11.8 Å². The monoisotopic (exact) mass is 342 g/mol. The number of thiazole rings is 1. The van der Waals surface area contributed by atoms with Gasteiger partial charge in [-0.3, -0.25) is 4.79 Å². The number of aryl methyl sites for hydroxylation is 1. The van der Waals surface area contributed by atoms with E-state index in [9.17, 15) is 4.79 Å². The van der Waals surface area contributed by atoms with E-state index in [0.717, 1.165) is 35.6 Å². The summed E-state index contributed by atoms with van der Waals surface area (Å²) in [7, 11) is 0. The summed E-state index contributed by atoms with van der Waals surface area (Å²) in [6.45, 7) is 4.04. The third-order valence-corrected chi connectivity index (χ3v) is 5.95. The number of thioether (sulfide) groups is 1. The Balaban J connectivity index is 1.43. The molecule has 1 aromatic rings. The van der Waals surface area contributed by atoms with Crippen molar-refractivity contribution >= 4 is 29.0 Å². The molecule has 1 aliphatic carbocycles. The minimum Gasteiger partial charge on any atom is -0.379 e. The van der Waals surface area contributed by atoms with Gasteiger partial charge in [0.15, 0.2) is 4.34 Å². The summed E-state index contributed by atoms with van der Waals surface area (Å²) in [5.41, 5.74) is 1.00. The van der Waals surface area contributed by atoms with Crippen LogP contribution in [-0.2, 0) is 14.3 Å². The van der Waals surface area contributed by atoms with E-state index in [2.05, 4.69) is 10.3 Å². The number of amides is 1. The molecule has 1 saturated carbocycles. The van der Waals surface area contributed by atoms with E-state index in [1.54, 1.807) is 11.3 Å². The molecule has 1 aliphatic heterocycles. The molecule has 0 radical (unpaired) electrons. The van der Waals surface area contributed by atoms with Gasteiger partial charge in [0.05, 0.1) is 24.5 Å². The molecule has 1 N–H and O–H groups in total. The fraction of sp³-hybridized carbons (Fsp3) is 0.733. The molecule has 0 bridgehead atoms. The summed E-state index contributed by atoms with van der Waals surface area (Å²) in [6.07, 6.45) is 3.51. The van der Waals surface area contributed by atoms with E-state index in [0.29, 0.717) is 12.4 Å². The van der Waals surface area contributed by atoms with Gasteiger partial charge in [-0.05, 0) is 32.1 Å². The fourth-order valence-corrected chi connectivity index (χ4v) is 4.03. The molecule has 2 atom stereocenters. The van der Waals surface area contributed by atoms with E-state index in [1.165, 1.54) is 24.6 Å². The van der Waals surface area contributed by atoms with Crippen molar-refractivity contribution in [2.75, 3.05) is 25.6 Å². The van der Waals surface area contributed by atoms with Crippen LogP contribution in [0.1, 0.15) is 25.0 Å². The van der Waals surface area contributed by atoms with Crippen LogP contribution in [0.2, 0.25) is 0 Å². The predicted octanol–water partition coefficient (Wildman–Crippen LogP) is 2.24. The van der Waals surface area contributed by atoms with Crippen LogP contribution >= 0.6 is 23.1 Å². The normalized spacial score (nSPS) is 25.1. The molecule has 3 rings (SSSR count). The number of nitrogens with zero attached hydrogens (tertiary/aromatic N) is 1. The largest absolute Gasteiger partial charge is 0.379 e. The van der Waals surface area contributed by atoms with Gasteiger partial charge in [-0.25, -0.2) is 4.98 Å². The van der Waals surface area contributed by atoms with Gasteiger partial charge in [-0.15, -0.1) is 11.3 Å². The average Bonchev–Trinajstić information content (AvgIpc) is 3.25. The molecule has 0 spiro atoms. The topological polar surface area (TPSA) is 60.5 Å². The van der Waals surface area contributed by atoms with E-state index < -0.39 is 0 Å². The van der Waals surface area contributed by atoms with Crippen LogP contribution in [0.15, 0.2) is 9.72 Å². The molecule has 2 heterocycles. The highest BCUT2D eigenvalue weighted by Gasteiger charge is 2.30. The van der Waals surface area contributed by atoms with Crippen LogP contribution in [-0.4, -0.2) is 48.6 Å². The molecule has 0 aromatic carbocycles. The maximum Gasteiger partial charge on any atom is 0.230 e. The van der Waals surface area contributed by atoms with Crippen molar-refractivity contribution in [2.45, 2.75) is 42.7 Å². The van der Waals surface area contributed by atoms with Crippen LogP contribution in [0.4, 0.5) is 0 Å². The second-order valence-corrected chi connectivity index (χ2v) is 7.98. The van der Waals surface area contributed by atoms with Gasteiger partial charge < -0.3 is 14.8 Å². The van der Waals surface area contributed by atoms with E-state index in [1.807, 2.05) is 12.3 Å². The van der Waals surface area contributed by atoms with Crippen LogP contribution in [0.3, 0.4) is 0 Å². The molecular formula is C15H22N2O3S2. The summed E-state index contributed by atoms with van der Waals surface area (Å²) in [5.74, 6) is 1.15. The van der Waals surface area contributed by atoms with E-state index >= 15 is 0 Å². The summed E-state index contributed by atoms with van der Waals surface area (Å²) in [6, 6.07) is -0.0290. The standard InChI is InChI=1S/C15H22N2O3S2/c1-10-8-21-15(16-10)22-9-14(18)17-12-7-19-5-4-13(12)20-6-11-2-3-11/h8,11-13H,2-7,9H2,1H3,(H,17,18)/t12-,13+/m1/s1. The first-order valence-corrected chi connectivity index (χ1v) is 9.61. The first kappa shape index (κ1) is 16.2. The Bertz CT molecular complexity index is 505. The maximum atomic E-state index is 12.1. The fourth-order valence-electron chi connectivity index (χ4n) is 2.37. The zero-order valence-corrected chi connectivity index (χ0v) is 14.4. The van der Waals surface area contributed by atoms with Gasteiger partial charge in [0.2, 0.25) is 5.91 Å². The lowest BCUT2D eigenvalue weighted by Crippen LogP contribution is -2.51. The summed E-state index contributed by atoms with van der Waals surface area (Å²) < 4.78 is 12.4. The van der Waals surface area contributed by atoms with Crippen molar-refractivity contribution < 1.29 is 14.3 Å². The Hall–Kier alpha value is -0.630. The molecule has 1 saturated heterocycles. The van der Waals surface area contributed by atoms with Gasteiger partial charge in [-0.2, -0.15) is 0 Å². The number of hydrogen-bond acceptors (Lipinski definition) is 6. The van der Waals surface area contributed by atoms with Gasteiger partial charge in [0, 0.05) is 24.3 Å². The molecule has 22 heavy (non-hydrogen) atoms. The highest BCUT2D eigenvalue weighted by Crippen LogP contribution is 2.30. The zero-order chi connectivity index (χ0) is 15.4. The molecular weight excluding hydrogens is 320 g/mol. The van der Waals surface area contributed by atoms with Crippen LogP contribution in [0.5, 0.6) is 0 Å². The number of hydrogen-bond donors (Lipinski definition) is 1. The Morgan fingerprint density at radius 2 is 2.41 bits per heavy atom. The van der Waals surface area contributed by atoms with E-state index in [-0.39, 0.29) is 18.1 Å². The highest BCUT2D eigenvalue weighted by atomic mass is 32.2. The van der Waals surface area contributed by atoms with Crippen molar-refractivity contribution in [1.82, 2.24) is 10.3 Å². The smallest absolute Gasteiger partial charge is 0.230 e. The Kier molecular flexibility index (Phi) is 5.73. The Morgan fingerprint density at radius 3 is 3.14 bits per heavy atom. The lowest BCUT2D eigenvalue weighted by atomic mass is 10.1. The molecule has 5 nitrogen and oxygen atoms in total. The number of carbonyl (C=O) groups excluding carboxylic acids is 1. The number of rotatable bonds is 7. The number of carbonyl (C=O) groups is 1. The van der Waals surface area contributed by atoms with Crippen LogP contribution in [0.25, 0.3) is 0 Å². The van der Waals surface area contributed by atoms with Crippen LogP contribution < -0.4 is 5.32 Å². The van der Waals surface area contributed by atoms with Gasteiger partial charge in [0.25, 0.3) is 0 Å². The highest BCUT2D eigenvalue weighted by molar-refractivity contribution is 8.01. The molecule has 1 aromatic heterocycles. The lowest BCUT2D eigenvalue weighted by Gasteiger charge is -2.32. The first-order valence-electron chi connectivity index (χ1n) is 7.74. The van der Waals surface area contributed by atoms with E-state index in [4.69, 9.17) is 9.47 Å². The second kappa shape index (κ2) is 7.77. The predicted molar refractivity (Wildman–Crippen MR) is 87.4 cm³/mol. The summed E-state index contributed by atoms with van der Waals surface area (Å²) >= 11 is 3.06.